The number of carbonyl (C=O) groups excluding carboxylic acids is 1. The molecule has 0 aliphatic heterocycles. The quantitative estimate of drug-likeness (QED) is 0.758. The van der Waals surface area contributed by atoms with Gasteiger partial charge in [0.25, 0.3) is 0 Å². The normalized spacial score (nSPS) is 11.4. The van der Waals surface area contributed by atoms with Crippen molar-refractivity contribution in [3.63, 3.8) is 0 Å². The van der Waals surface area contributed by atoms with Gasteiger partial charge >= 0.3 is 5.97 Å². The fourth-order valence-corrected chi connectivity index (χ4v) is 3.65. The Labute approximate surface area is 147 Å². The number of aromatic nitrogens is 1. The van der Waals surface area contributed by atoms with Gasteiger partial charge in [-0.05, 0) is 37.6 Å². The number of benzene rings is 1. The lowest BCUT2D eigenvalue weighted by molar-refractivity contribution is 0.0515. The number of nitrogens with zero attached hydrogens (tertiary/aromatic N) is 1. The van der Waals surface area contributed by atoms with Crippen molar-refractivity contribution < 1.29 is 22.7 Å². The fraction of sp³-hybridized carbons (Fsp3) is 0.353. The molecule has 1 aromatic heterocycles. The Balaban J connectivity index is 2.21. The number of hydrogen-bond acceptors (Lipinski definition) is 5. The molecule has 0 atom stereocenters. The second-order valence-corrected chi connectivity index (χ2v) is 7.17. The number of methoxy groups -OCH3 is 1. The van der Waals surface area contributed by atoms with E-state index in [1.165, 1.54) is 10.6 Å². The van der Waals surface area contributed by atoms with Crippen LogP contribution in [0.3, 0.4) is 0 Å². The standard InChI is InChI=1S/C17H22N2O5S/c1-5-24-17(20)15-10-16(12(2)19(15)3)25(21,22)18-11-13-6-8-14(23-4)9-7-13/h6-10,18H,5,11H2,1-4H3. The summed E-state index contributed by atoms with van der Waals surface area (Å²) in [5, 5.41) is 0. The average Bonchev–Trinajstić information content (AvgIpc) is 2.90. The van der Waals surface area contributed by atoms with Crippen LogP contribution in [0.5, 0.6) is 5.75 Å². The number of hydrogen-bond donors (Lipinski definition) is 1. The third-order valence-corrected chi connectivity index (χ3v) is 5.40. The first-order chi connectivity index (χ1) is 11.8. The molecule has 1 N–H and O–H groups in total. The third kappa shape index (κ3) is 4.21. The molecule has 136 valence electrons. The molecule has 0 aliphatic rings. The van der Waals surface area contributed by atoms with Crippen molar-refractivity contribution in [2.24, 2.45) is 7.05 Å². The summed E-state index contributed by atoms with van der Waals surface area (Å²) in [6.07, 6.45) is 0. The lowest BCUT2D eigenvalue weighted by Gasteiger charge is -2.08. The van der Waals surface area contributed by atoms with E-state index in [2.05, 4.69) is 4.72 Å². The topological polar surface area (TPSA) is 86.6 Å². The van der Waals surface area contributed by atoms with Crippen molar-refractivity contribution in [1.82, 2.24) is 9.29 Å². The van der Waals surface area contributed by atoms with Gasteiger partial charge in [0, 0.05) is 19.3 Å². The first-order valence-electron chi connectivity index (χ1n) is 7.76. The molecular formula is C17H22N2O5S. The van der Waals surface area contributed by atoms with Crippen LogP contribution in [0.15, 0.2) is 35.2 Å². The average molecular weight is 366 g/mol. The Morgan fingerprint density at radius 1 is 1.24 bits per heavy atom. The molecule has 0 spiro atoms. The summed E-state index contributed by atoms with van der Waals surface area (Å²) in [5.74, 6) is 0.147. The van der Waals surface area contributed by atoms with E-state index in [0.717, 1.165) is 5.56 Å². The summed E-state index contributed by atoms with van der Waals surface area (Å²) < 4.78 is 39.3. The number of carbonyl (C=O) groups is 1. The molecule has 25 heavy (non-hydrogen) atoms. The monoisotopic (exact) mass is 366 g/mol. The van der Waals surface area contributed by atoms with E-state index in [9.17, 15) is 13.2 Å². The van der Waals surface area contributed by atoms with Gasteiger partial charge in [0.05, 0.1) is 13.7 Å². The summed E-state index contributed by atoms with van der Waals surface area (Å²) in [6, 6.07) is 8.42. The molecule has 7 nitrogen and oxygen atoms in total. The fourth-order valence-electron chi connectivity index (χ4n) is 2.34. The van der Waals surface area contributed by atoms with Gasteiger partial charge in [0.1, 0.15) is 16.3 Å². The Bertz CT molecular complexity index is 854. The Morgan fingerprint density at radius 3 is 2.44 bits per heavy atom. The van der Waals surface area contributed by atoms with Crippen molar-refractivity contribution in [2.45, 2.75) is 25.3 Å². The predicted molar refractivity (Wildman–Crippen MR) is 93.1 cm³/mol. The lowest BCUT2D eigenvalue weighted by Crippen LogP contribution is -2.23. The zero-order valence-corrected chi connectivity index (χ0v) is 15.5. The minimum atomic E-state index is -3.76. The van der Waals surface area contributed by atoms with Crippen molar-refractivity contribution in [3.05, 3.63) is 47.3 Å². The first-order valence-corrected chi connectivity index (χ1v) is 9.24. The van der Waals surface area contributed by atoms with E-state index in [-0.39, 0.29) is 23.7 Å². The zero-order chi connectivity index (χ0) is 18.6. The molecule has 0 aliphatic carbocycles. The van der Waals surface area contributed by atoms with Gasteiger partial charge in [0.2, 0.25) is 10.0 Å². The largest absolute Gasteiger partial charge is 0.497 e. The van der Waals surface area contributed by atoms with Crippen LogP contribution in [0.2, 0.25) is 0 Å². The van der Waals surface area contributed by atoms with Gasteiger partial charge in [0.15, 0.2) is 0 Å². The minimum Gasteiger partial charge on any atom is -0.497 e. The second-order valence-electron chi connectivity index (χ2n) is 5.43. The molecule has 0 amide bonds. The van der Waals surface area contributed by atoms with Crippen LogP contribution in [0.25, 0.3) is 0 Å². The number of rotatable bonds is 7. The van der Waals surface area contributed by atoms with Crippen LogP contribution in [0, 0.1) is 6.92 Å². The summed E-state index contributed by atoms with van der Waals surface area (Å²) in [5.41, 5.74) is 1.46. The summed E-state index contributed by atoms with van der Waals surface area (Å²) in [6.45, 7) is 3.70. The molecule has 1 aromatic carbocycles. The molecule has 0 bridgehead atoms. The third-order valence-electron chi connectivity index (χ3n) is 3.89. The van der Waals surface area contributed by atoms with Crippen LogP contribution in [0.4, 0.5) is 0 Å². The van der Waals surface area contributed by atoms with E-state index < -0.39 is 16.0 Å². The van der Waals surface area contributed by atoms with Gasteiger partial charge < -0.3 is 14.0 Å². The molecule has 2 aromatic rings. The van der Waals surface area contributed by atoms with E-state index >= 15 is 0 Å². The van der Waals surface area contributed by atoms with E-state index in [4.69, 9.17) is 9.47 Å². The smallest absolute Gasteiger partial charge is 0.354 e. The van der Waals surface area contributed by atoms with Crippen molar-refractivity contribution in [1.29, 1.82) is 0 Å². The Morgan fingerprint density at radius 2 is 1.88 bits per heavy atom. The van der Waals surface area contributed by atoms with Gasteiger partial charge in [-0.15, -0.1) is 0 Å². The van der Waals surface area contributed by atoms with Crippen LogP contribution >= 0.6 is 0 Å². The van der Waals surface area contributed by atoms with Crippen molar-refractivity contribution in [2.75, 3.05) is 13.7 Å². The summed E-state index contributed by atoms with van der Waals surface area (Å²) >= 11 is 0. The Kier molecular flexibility index (Phi) is 5.86. The molecule has 0 radical (unpaired) electrons. The minimum absolute atomic E-state index is 0.0616. The molecule has 1 heterocycles. The maximum absolute atomic E-state index is 12.6. The highest BCUT2D eigenvalue weighted by atomic mass is 32.2. The summed E-state index contributed by atoms with van der Waals surface area (Å²) in [7, 11) is -0.569. The van der Waals surface area contributed by atoms with E-state index in [0.29, 0.717) is 11.4 Å². The van der Waals surface area contributed by atoms with Crippen LogP contribution < -0.4 is 9.46 Å². The molecule has 0 unspecified atom stereocenters. The number of ether oxygens (including phenoxy) is 2. The van der Waals surface area contributed by atoms with Crippen LogP contribution in [-0.2, 0) is 28.4 Å². The Hall–Kier alpha value is -2.32. The van der Waals surface area contributed by atoms with Crippen LogP contribution in [-0.4, -0.2) is 32.7 Å². The number of sulfonamides is 1. The van der Waals surface area contributed by atoms with E-state index in [1.807, 2.05) is 0 Å². The SMILES string of the molecule is CCOC(=O)c1cc(S(=O)(=O)NCc2ccc(OC)cc2)c(C)n1C. The van der Waals surface area contributed by atoms with Gasteiger partial charge in [-0.1, -0.05) is 12.1 Å². The second kappa shape index (κ2) is 7.71. The maximum Gasteiger partial charge on any atom is 0.354 e. The molecule has 2 rings (SSSR count). The van der Waals surface area contributed by atoms with Crippen molar-refractivity contribution in [3.8, 4) is 5.75 Å². The van der Waals surface area contributed by atoms with Gasteiger partial charge in [-0.3, -0.25) is 0 Å². The maximum atomic E-state index is 12.6. The summed E-state index contributed by atoms with van der Waals surface area (Å²) in [4.78, 5) is 12.0. The molecule has 0 fully saturated rings. The predicted octanol–water partition coefficient (Wildman–Crippen LogP) is 2.00. The number of nitrogens with one attached hydrogen (secondary N) is 1. The van der Waals surface area contributed by atoms with Gasteiger partial charge in [-0.25, -0.2) is 17.9 Å². The van der Waals surface area contributed by atoms with Gasteiger partial charge in [-0.2, -0.15) is 0 Å². The highest BCUT2D eigenvalue weighted by Crippen LogP contribution is 2.21. The van der Waals surface area contributed by atoms with E-state index in [1.54, 1.807) is 52.3 Å². The molecular weight excluding hydrogens is 344 g/mol. The highest BCUT2D eigenvalue weighted by Gasteiger charge is 2.24. The van der Waals surface area contributed by atoms with Crippen molar-refractivity contribution >= 4 is 16.0 Å². The molecule has 0 saturated carbocycles. The number of esters is 1. The zero-order valence-electron chi connectivity index (χ0n) is 14.7. The highest BCUT2D eigenvalue weighted by molar-refractivity contribution is 7.89. The lowest BCUT2D eigenvalue weighted by atomic mass is 10.2. The van der Waals surface area contributed by atoms with Crippen LogP contribution in [0.1, 0.15) is 28.7 Å². The molecule has 8 heteroatoms. The molecule has 0 saturated heterocycles. The first kappa shape index (κ1) is 19.0.